The van der Waals surface area contributed by atoms with Crippen molar-refractivity contribution in [2.45, 2.75) is 12.7 Å². The van der Waals surface area contributed by atoms with Crippen LogP contribution >= 0.6 is 11.6 Å². The third-order valence-electron chi connectivity index (χ3n) is 3.80. The number of carbonyl (C=O) groups excluding carboxylic acids is 1. The van der Waals surface area contributed by atoms with Crippen LogP contribution < -0.4 is 9.88 Å². The highest BCUT2D eigenvalue weighted by molar-refractivity contribution is 6.31. The average molecular weight is 381 g/mol. The van der Waals surface area contributed by atoms with Crippen molar-refractivity contribution in [3.05, 3.63) is 66.0 Å². The van der Waals surface area contributed by atoms with E-state index in [2.05, 4.69) is 11.9 Å². The molecule has 0 aliphatic carbocycles. The lowest BCUT2D eigenvalue weighted by Crippen LogP contribution is -2.39. The Bertz CT molecular complexity index is 995. The summed E-state index contributed by atoms with van der Waals surface area (Å²) in [6, 6.07) is 10.7. The van der Waals surface area contributed by atoms with Crippen LogP contribution in [-0.2, 0) is 17.5 Å². The summed E-state index contributed by atoms with van der Waals surface area (Å²) in [6.45, 7) is 3.65. The number of benzene rings is 2. The van der Waals surface area contributed by atoms with E-state index in [1.807, 2.05) is 24.3 Å². The molecule has 8 heteroatoms. The first-order chi connectivity index (χ1) is 12.3. The Morgan fingerprint density at radius 3 is 2.69 bits per heavy atom. The quantitative estimate of drug-likeness (QED) is 0.672. The molecule has 0 saturated heterocycles. The lowest BCUT2D eigenvalue weighted by atomic mass is 10.2. The van der Waals surface area contributed by atoms with Crippen LogP contribution in [0.2, 0.25) is 5.02 Å². The molecule has 0 aliphatic rings. The van der Waals surface area contributed by atoms with E-state index in [0.717, 1.165) is 23.2 Å². The largest absolute Gasteiger partial charge is 0.417 e. The highest BCUT2D eigenvalue weighted by Crippen LogP contribution is 2.36. The third kappa shape index (κ3) is 3.57. The molecule has 0 atom stereocenters. The smallest absolute Gasteiger partial charge is 0.323 e. The fraction of sp³-hybridized carbons (Fsp3) is 0.111. The number of rotatable bonds is 4. The van der Waals surface area contributed by atoms with E-state index in [-0.39, 0.29) is 12.2 Å². The van der Waals surface area contributed by atoms with Crippen molar-refractivity contribution in [1.29, 1.82) is 0 Å². The number of halogens is 4. The number of nitrogens with one attached hydrogen (secondary N) is 1. The Kier molecular flexibility index (Phi) is 4.73. The van der Waals surface area contributed by atoms with Gasteiger partial charge in [-0.2, -0.15) is 13.2 Å². The molecule has 0 spiro atoms. The summed E-state index contributed by atoms with van der Waals surface area (Å²) < 4.78 is 42.2. The molecular formula is C18H14ClF3N3O+. The van der Waals surface area contributed by atoms with Crippen LogP contribution in [0.1, 0.15) is 5.56 Å². The van der Waals surface area contributed by atoms with Gasteiger partial charge in [0.2, 0.25) is 6.33 Å². The summed E-state index contributed by atoms with van der Waals surface area (Å²) in [6.07, 6.45) is -1.30. The number of aromatic nitrogens is 2. The second-order valence-corrected chi connectivity index (χ2v) is 5.97. The topological polar surface area (TPSA) is 37.9 Å². The number of para-hydroxylation sites is 2. The number of hydrogen-bond acceptors (Lipinski definition) is 1. The number of fused-ring (bicyclic) bond motifs is 1. The Morgan fingerprint density at radius 1 is 1.27 bits per heavy atom. The molecule has 3 rings (SSSR count). The molecule has 0 saturated carbocycles. The molecule has 0 fully saturated rings. The first kappa shape index (κ1) is 18.0. The standard InChI is InChI=1S/C18H13ClF3N3O/c1-2-24-11-25(16-6-4-3-5-15(16)24)10-17(26)23-12-7-8-14(19)13(9-12)18(20,21)22/h2-9,11H,1,10H2/p+1. The molecule has 0 aliphatic heterocycles. The molecular weight excluding hydrogens is 367 g/mol. The van der Waals surface area contributed by atoms with Crippen LogP contribution in [0, 0.1) is 0 Å². The first-order valence-electron chi connectivity index (χ1n) is 7.58. The van der Waals surface area contributed by atoms with Crippen molar-refractivity contribution >= 4 is 40.4 Å². The van der Waals surface area contributed by atoms with Crippen molar-refractivity contribution < 1.29 is 22.5 Å². The van der Waals surface area contributed by atoms with E-state index in [4.69, 9.17) is 11.6 Å². The summed E-state index contributed by atoms with van der Waals surface area (Å²) in [4.78, 5) is 12.3. The van der Waals surface area contributed by atoms with Gasteiger partial charge < -0.3 is 5.32 Å². The fourth-order valence-corrected chi connectivity index (χ4v) is 2.87. The highest BCUT2D eigenvalue weighted by atomic mass is 35.5. The van der Waals surface area contributed by atoms with E-state index < -0.39 is 22.7 Å². The Balaban J connectivity index is 1.83. The van der Waals surface area contributed by atoms with Crippen LogP contribution in [0.5, 0.6) is 0 Å². The number of carbonyl (C=O) groups is 1. The minimum absolute atomic E-state index is 0.0276. The van der Waals surface area contributed by atoms with Crippen molar-refractivity contribution in [3.63, 3.8) is 0 Å². The van der Waals surface area contributed by atoms with Gasteiger partial charge in [-0.15, -0.1) is 0 Å². The Labute approximate surface area is 152 Å². The van der Waals surface area contributed by atoms with Gasteiger partial charge >= 0.3 is 6.18 Å². The second-order valence-electron chi connectivity index (χ2n) is 5.56. The minimum atomic E-state index is -4.59. The maximum atomic E-state index is 12.9. The van der Waals surface area contributed by atoms with Crippen LogP contribution in [0.15, 0.2) is 55.4 Å². The maximum absolute atomic E-state index is 12.9. The molecule has 1 heterocycles. The van der Waals surface area contributed by atoms with Crippen molar-refractivity contribution in [2.75, 3.05) is 5.32 Å². The molecule has 1 amide bonds. The van der Waals surface area contributed by atoms with Gasteiger partial charge in [0.25, 0.3) is 5.91 Å². The normalized spacial score (nSPS) is 11.5. The van der Waals surface area contributed by atoms with Gasteiger partial charge in [-0.05, 0) is 30.3 Å². The Hall–Kier alpha value is -2.80. The molecule has 2 aromatic carbocycles. The van der Waals surface area contributed by atoms with E-state index >= 15 is 0 Å². The number of alkyl halides is 3. The van der Waals surface area contributed by atoms with Crippen LogP contribution in [0.4, 0.5) is 18.9 Å². The molecule has 0 unspecified atom stereocenters. The molecule has 3 aromatic rings. The second kappa shape index (κ2) is 6.84. The summed E-state index contributed by atoms with van der Waals surface area (Å²) in [5, 5.41) is 2.05. The van der Waals surface area contributed by atoms with Crippen molar-refractivity contribution in [2.24, 2.45) is 0 Å². The van der Waals surface area contributed by atoms with Crippen LogP contribution in [-0.4, -0.2) is 10.5 Å². The summed E-state index contributed by atoms with van der Waals surface area (Å²) in [7, 11) is 0. The summed E-state index contributed by atoms with van der Waals surface area (Å²) in [5.74, 6) is -0.461. The summed E-state index contributed by atoms with van der Waals surface area (Å²) in [5.41, 5.74) is 0.698. The van der Waals surface area contributed by atoms with E-state index in [1.165, 1.54) is 6.07 Å². The van der Waals surface area contributed by atoms with Crippen LogP contribution in [0.3, 0.4) is 0 Å². The number of anilines is 1. The van der Waals surface area contributed by atoms with E-state index in [9.17, 15) is 18.0 Å². The number of imidazole rings is 1. The molecule has 1 N–H and O–H groups in total. The molecule has 4 nitrogen and oxygen atoms in total. The van der Waals surface area contributed by atoms with Gasteiger partial charge in [0.05, 0.1) is 16.8 Å². The minimum Gasteiger partial charge on any atom is -0.323 e. The predicted octanol–water partition coefficient (Wildman–Crippen LogP) is 4.34. The van der Waals surface area contributed by atoms with Gasteiger partial charge in [0.15, 0.2) is 17.6 Å². The SMILES string of the molecule is C=Cn1c[n+](CC(=O)Nc2ccc(Cl)c(C(F)(F)F)c2)c2ccccc21. The lowest BCUT2D eigenvalue weighted by molar-refractivity contribution is -0.658. The Morgan fingerprint density at radius 2 is 2.00 bits per heavy atom. The van der Waals surface area contributed by atoms with Gasteiger partial charge in [-0.1, -0.05) is 30.3 Å². The van der Waals surface area contributed by atoms with Gasteiger partial charge in [-0.3, -0.25) is 4.79 Å². The zero-order chi connectivity index (χ0) is 18.9. The van der Waals surface area contributed by atoms with E-state index in [0.29, 0.717) is 0 Å². The van der Waals surface area contributed by atoms with E-state index in [1.54, 1.807) is 21.7 Å². The molecule has 134 valence electrons. The number of nitrogens with zero attached hydrogens (tertiary/aromatic N) is 2. The number of hydrogen-bond donors (Lipinski definition) is 1. The van der Waals surface area contributed by atoms with Gasteiger partial charge in [0.1, 0.15) is 0 Å². The molecule has 1 aromatic heterocycles. The highest BCUT2D eigenvalue weighted by Gasteiger charge is 2.33. The predicted molar refractivity (Wildman–Crippen MR) is 93.6 cm³/mol. The zero-order valence-electron chi connectivity index (χ0n) is 13.4. The number of amides is 1. The van der Waals surface area contributed by atoms with Crippen molar-refractivity contribution in [1.82, 2.24) is 4.57 Å². The molecule has 0 bridgehead atoms. The monoisotopic (exact) mass is 380 g/mol. The average Bonchev–Trinajstić information content (AvgIpc) is 2.93. The third-order valence-corrected chi connectivity index (χ3v) is 4.13. The lowest BCUT2D eigenvalue weighted by Gasteiger charge is -2.11. The molecule has 26 heavy (non-hydrogen) atoms. The van der Waals surface area contributed by atoms with Crippen molar-refractivity contribution in [3.8, 4) is 0 Å². The zero-order valence-corrected chi connectivity index (χ0v) is 14.2. The fourth-order valence-electron chi connectivity index (χ4n) is 2.65. The first-order valence-corrected chi connectivity index (χ1v) is 7.95. The van der Waals surface area contributed by atoms with Gasteiger partial charge in [0, 0.05) is 5.69 Å². The summed E-state index contributed by atoms with van der Waals surface area (Å²) >= 11 is 5.58. The van der Waals surface area contributed by atoms with Gasteiger partial charge in [-0.25, -0.2) is 9.13 Å². The maximum Gasteiger partial charge on any atom is 0.417 e. The van der Waals surface area contributed by atoms with Crippen LogP contribution in [0.25, 0.3) is 17.2 Å². The molecule has 0 radical (unpaired) electrons.